The lowest BCUT2D eigenvalue weighted by Crippen LogP contribution is -2.29. The number of aliphatic hydroxyl groups is 1. The van der Waals surface area contributed by atoms with Gasteiger partial charge in [0, 0.05) is 28.4 Å². The summed E-state index contributed by atoms with van der Waals surface area (Å²) in [6.45, 7) is 0. The summed E-state index contributed by atoms with van der Waals surface area (Å²) in [5, 5.41) is 11.8. The second kappa shape index (κ2) is 9.66. The van der Waals surface area contributed by atoms with E-state index in [1.165, 1.54) is 54.9 Å². The van der Waals surface area contributed by atoms with E-state index in [0.29, 0.717) is 0 Å². The summed E-state index contributed by atoms with van der Waals surface area (Å²) >= 11 is 6.17. The minimum absolute atomic E-state index is 0.0328. The molecule has 0 spiro atoms. The van der Waals surface area contributed by atoms with Crippen LogP contribution in [0.1, 0.15) is 27.9 Å². The van der Waals surface area contributed by atoms with Gasteiger partial charge in [0.05, 0.1) is 11.1 Å². The smallest absolute Gasteiger partial charge is 0.376 e. The maximum Gasteiger partial charge on any atom is 0.433 e. The number of hydrogen-bond donors (Lipinski definition) is 1. The Morgan fingerprint density at radius 1 is 0.667 bits per heavy atom. The summed E-state index contributed by atoms with van der Waals surface area (Å²) in [7, 11) is 0. The van der Waals surface area contributed by atoms with Gasteiger partial charge in [-0.1, -0.05) is 60.1 Å². The molecule has 0 saturated heterocycles. The van der Waals surface area contributed by atoms with Crippen LogP contribution in [0.25, 0.3) is 22.0 Å². The second-order valence-electron chi connectivity index (χ2n) is 8.76. The molecule has 2 heterocycles. The van der Waals surface area contributed by atoms with E-state index in [4.69, 9.17) is 11.6 Å². The average molecular weight is 559 g/mol. The van der Waals surface area contributed by atoms with E-state index in [2.05, 4.69) is 9.97 Å². The monoisotopic (exact) mass is 558 g/mol. The van der Waals surface area contributed by atoms with Crippen LogP contribution in [0.5, 0.6) is 0 Å². The lowest BCUT2D eigenvalue weighted by Gasteiger charge is -2.31. The Hall–Kier alpha value is -3.95. The summed E-state index contributed by atoms with van der Waals surface area (Å²) in [5.74, 6) is 0. The van der Waals surface area contributed by atoms with Crippen LogP contribution in [0.2, 0.25) is 5.02 Å². The highest BCUT2D eigenvalue weighted by Crippen LogP contribution is 2.48. The van der Waals surface area contributed by atoms with Gasteiger partial charge in [-0.3, -0.25) is 4.98 Å². The molecule has 0 saturated carbocycles. The van der Waals surface area contributed by atoms with E-state index < -0.39 is 45.7 Å². The molecule has 10 heteroatoms. The van der Waals surface area contributed by atoms with Crippen LogP contribution in [-0.2, 0) is 18.0 Å². The fraction of sp³-hybridized carbons (Fsp3) is 0.103. The zero-order chi connectivity index (χ0) is 28.0. The summed E-state index contributed by atoms with van der Waals surface area (Å²) in [5.41, 5.74) is -6.63. The SMILES string of the molecule is OC(c1ccncc1)(c1cccc(Cl)c1)c1ccc2nc(C(F)(F)F)c(-c3ccccc3)c(C(F)(F)F)c2c1. The van der Waals surface area contributed by atoms with Gasteiger partial charge in [-0.15, -0.1) is 0 Å². The number of alkyl halides is 6. The van der Waals surface area contributed by atoms with Crippen molar-refractivity contribution in [2.45, 2.75) is 18.0 Å². The van der Waals surface area contributed by atoms with Gasteiger partial charge in [-0.2, -0.15) is 26.3 Å². The van der Waals surface area contributed by atoms with E-state index in [1.54, 1.807) is 18.2 Å². The quantitative estimate of drug-likeness (QED) is 0.226. The zero-order valence-electron chi connectivity index (χ0n) is 19.7. The predicted molar refractivity (Wildman–Crippen MR) is 135 cm³/mol. The molecule has 0 aliphatic carbocycles. The van der Waals surface area contributed by atoms with Gasteiger partial charge in [-0.25, -0.2) is 4.98 Å². The van der Waals surface area contributed by atoms with Crippen molar-refractivity contribution in [2.24, 2.45) is 0 Å². The number of nitrogens with zero attached hydrogens (tertiary/aromatic N) is 2. The van der Waals surface area contributed by atoms with Crippen LogP contribution >= 0.6 is 11.6 Å². The molecule has 198 valence electrons. The van der Waals surface area contributed by atoms with Gasteiger partial charge in [0.2, 0.25) is 0 Å². The molecule has 5 rings (SSSR count). The first-order chi connectivity index (χ1) is 18.4. The highest BCUT2D eigenvalue weighted by Gasteiger charge is 2.45. The molecule has 3 nitrogen and oxygen atoms in total. The van der Waals surface area contributed by atoms with Gasteiger partial charge in [-0.05, 0) is 58.7 Å². The van der Waals surface area contributed by atoms with Gasteiger partial charge in [0.15, 0.2) is 5.69 Å². The van der Waals surface area contributed by atoms with Gasteiger partial charge in [0.1, 0.15) is 5.60 Å². The van der Waals surface area contributed by atoms with Crippen molar-refractivity contribution in [2.75, 3.05) is 0 Å². The molecule has 39 heavy (non-hydrogen) atoms. The first-order valence-electron chi connectivity index (χ1n) is 11.5. The minimum atomic E-state index is -5.20. The molecule has 0 amide bonds. The van der Waals surface area contributed by atoms with Crippen molar-refractivity contribution in [1.82, 2.24) is 9.97 Å². The number of aromatic nitrogens is 2. The number of hydrogen-bond acceptors (Lipinski definition) is 3. The highest BCUT2D eigenvalue weighted by atomic mass is 35.5. The van der Waals surface area contributed by atoms with Crippen molar-refractivity contribution in [1.29, 1.82) is 0 Å². The first-order valence-corrected chi connectivity index (χ1v) is 11.9. The van der Waals surface area contributed by atoms with Crippen molar-refractivity contribution >= 4 is 22.5 Å². The maximum absolute atomic E-state index is 14.7. The zero-order valence-corrected chi connectivity index (χ0v) is 20.5. The Balaban J connectivity index is 1.91. The second-order valence-corrected chi connectivity index (χ2v) is 9.20. The number of pyridine rings is 2. The van der Waals surface area contributed by atoms with Crippen molar-refractivity contribution in [3.63, 3.8) is 0 Å². The van der Waals surface area contributed by atoms with Crippen molar-refractivity contribution < 1.29 is 31.4 Å². The molecule has 0 fully saturated rings. The van der Waals surface area contributed by atoms with Crippen LogP contribution in [0.15, 0.2) is 97.3 Å². The van der Waals surface area contributed by atoms with Crippen LogP contribution in [-0.4, -0.2) is 15.1 Å². The molecule has 0 radical (unpaired) electrons. The Morgan fingerprint density at radius 2 is 1.33 bits per heavy atom. The highest BCUT2D eigenvalue weighted by molar-refractivity contribution is 6.30. The molecule has 0 aliphatic heterocycles. The average Bonchev–Trinajstić information content (AvgIpc) is 2.91. The Morgan fingerprint density at radius 3 is 1.95 bits per heavy atom. The molecular weight excluding hydrogens is 542 g/mol. The summed E-state index contributed by atoms with van der Waals surface area (Å²) in [4.78, 5) is 7.58. The largest absolute Gasteiger partial charge is 0.433 e. The molecule has 1 N–H and O–H groups in total. The molecule has 5 aromatic rings. The minimum Gasteiger partial charge on any atom is -0.376 e. The fourth-order valence-corrected chi connectivity index (χ4v) is 4.87. The Kier molecular flexibility index (Phi) is 6.60. The molecule has 0 bridgehead atoms. The van der Waals surface area contributed by atoms with Crippen molar-refractivity contribution in [3.8, 4) is 11.1 Å². The summed E-state index contributed by atoms with van der Waals surface area (Å²) in [6, 6.07) is 18.9. The molecule has 0 aliphatic rings. The third kappa shape index (κ3) is 4.84. The molecule has 2 aromatic heterocycles. The Labute approximate surface area is 223 Å². The van der Waals surface area contributed by atoms with Gasteiger partial charge in [0.25, 0.3) is 0 Å². The predicted octanol–water partition coefficient (Wildman–Crippen LogP) is 8.27. The molecule has 1 unspecified atom stereocenters. The van der Waals surface area contributed by atoms with Crippen LogP contribution in [0.3, 0.4) is 0 Å². The number of rotatable bonds is 4. The topological polar surface area (TPSA) is 46.0 Å². The molecule has 3 aromatic carbocycles. The van der Waals surface area contributed by atoms with E-state index in [-0.39, 0.29) is 27.3 Å². The fourth-order valence-electron chi connectivity index (χ4n) is 4.68. The van der Waals surface area contributed by atoms with Gasteiger partial charge < -0.3 is 5.11 Å². The summed E-state index contributed by atoms with van der Waals surface area (Å²) in [6.07, 6.45) is -7.57. The first kappa shape index (κ1) is 26.6. The van der Waals surface area contributed by atoms with Gasteiger partial charge >= 0.3 is 12.4 Å². The number of benzene rings is 3. The van der Waals surface area contributed by atoms with E-state index in [1.807, 2.05) is 0 Å². The number of halogens is 7. The summed E-state index contributed by atoms with van der Waals surface area (Å²) < 4.78 is 86.3. The third-order valence-corrected chi connectivity index (χ3v) is 6.59. The number of fused-ring (bicyclic) bond motifs is 1. The standard InChI is InChI=1S/C29H17ClF6N2O/c30-21-8-4-7-19(15-21)27(39,18-11-13-37-14-12-18)20-9-10-23-22(16-20)25(28(31,32)33)24(17-5-2-1-3-6-17)26(38-23)29(34,35)36/h1-16,39H. The Bertz CT molecular complexity index is 1660. The van der Waals surface area contributed by atoms with E-state index in [0.717, 1.165) is 24.3 Å². The lowest BCUT2D eigenvalue weighted by molar-refractivity contribution is -0.143. The van der Waals surface area contributed by atoms with Crippen LogP contribution in [0.4, 0.5) is 26.3 Å². The van der Waals surface area contributed by atoms with Crippen LogP contribution < -0.4 is 0 Å². The maximum atomic E-state index is 14.7. The third-order valence-electron chi connectivity index (χ3n) is 6.36. The lowest BCUT2D eigenvalue weighted by atomic mass is 9.80. The van der Waals surface area contributed by atoms with Crippen molar-refractivity contribution in [3.05, 3.63) is 130 Å². The normalized spacial score (nSPS) is 13.8. The van der Waals surface area contributed by atoms with E-state index >= 15 is 0 Å². The van der Waals surface area contributed by atoms with Crippen LogP contribution in [0, 0.1) is 0 Å². The van der Waals surface area contributed by atoms with E-state index in [9.17, 15) is 31.4 Å². The molecular formula is C29H17ClF6N2O. The molecule has 1 atom stereocenters.